The molecule has 0 radical (unpaired) electrons. The van der Waals surface area contributed by atoms with E-state index in [4.69, 9.17) is 9.84 Å². The molecule has 114 valence electrons. The molecule has 4 nitrogen and oxygen atoms in total. The number of hydrogen-bond acceptors (Lipinski definition) is 3. The highest BCUT2D eigenvalue weighted by atomic mass is 79.9. The van der Waals surface area contributed by atoms with Crippen LogP contribution in [0.5, 0.6) is 0 Å². The number of carboxylic acid groups (broad SMARTS) is 1. The van der Waals surface area contributed by atoms with Gasteiger partial charge in [-0.2, -0.15) is 0 Å². The minimum atomic E-state index is -0.939. The number of anilines is 1. The van der Waals surface area contributed by atoms with Gasteiger partial charge in [-0.15, -0.1) is 0 Å². The zero-order valence-corrected chi connectivity index (χ0v) is 13.8. The van der Waals surface area contributed by atoms with E-state index in [1.807, 2.05) is 18.2 Å². The van der Waals surface area contributed by atoms with Gasteiger partial charge in [-0.1, -0.05) is 28.9 Å². The van der Waals surface area contributed by atoms with Crippen LogP contribution in [0.2, 0.25) is 0 Å². The summed E-state index contributed by atoms with van der Waals surface area (Å²) in [5, 5.41) is 8.82. The number of methoxy groups -OCH3 is 1. The van der Waals surface area contributed by atoms with Crippen molar-refractivity contribution in [2.75, 3.05) is 25.1 Å². The molecule has 1 N–H and O–H groups in total. The zero-order chi connectivity index (χ0) is 15.4. The number of aliphatic carboxylic acids is 1. The van der Waals surface area contributed by atoms with Gasteiger partial charge in [0.15, 0.2) is 0 Å². The Labute approximate surface area is 133 Å². The number of piperidine rings is 1. The van der Waals surface area contributed by atoms with Gasteiger partial charge < -0.3 is 14.7 Å². The number of carbonyl (C=O) groups is 1. The number of rotatable bonds is 4. The lowest BCUT2D eigenvalue weighted by molar-refractivity contribution is -0.131. The Morgan fingerprint density at radius 3 is 2.95 bits per heavy atom. The standard InChI is InChI=1S/C16H20BrNO3/c1-11-7-8-18(10-15(11)21-2)14-9-13(17)5-3-12(14)4-6-16(19)20/h3-6,9,11,15H,7-8,10H2,1-2H3,(H,19,20)/b6-4+. The van der Waals surface area contributed by atoms with Gasteiger partial charge in [0.2, 0.25) is 0 Å². The summed E-state index contributed by atoms with van der Waals surface area (Å²) in [4.78, 5) is 13.0. The van der Waals surface area contributed by atoms with E-state index in [0.29, 0.717) is 5.92 Å². The summed E-state index contributed by atoms with van der Waals surface area (Å²) < 4.78 is 6.54. The van der Waals surface area contributed by atoms with Crippen LogP contribution in [0.1, 0.15) is 18.9 Å². The highest BCUT2D eigenvalue weighted by Crippen LogP contribution is 2.30. The van der Waals surface area contributed by atoms with Crippen LogP contribution >= 0.6 is 15.9 Å². The molecule has 0 bridgehead atoms. The van der Waals surface area contributed by atoms with Crippen LogP contribution in [0.15, 0.2) is 28.7 Å². The van der Waals surface area contributed by atoms with Gasteiger partial charge in [-0.05, 0) is 36.1 Å². The molecular formula is C16H20BrNO3. The Morgan fingerprint density at radius 2 is 2.29 bits per heavy atom. The molecule has 5 heteroatoms. The normalized spacial score (nSPS) is 22.7. The van der Waals surface area contributed by atoms with Gasteiger partial charge in [0.05, 0.1) is 6.10 Å². The van der Waals surface area contributed by atoms with Crippen LogP contribution < -0.4 is 4.90 Å². The predicted molar refractivity (Wildman–Crippen MR) is 87.6 cm³/mol. The van der Waals surface area contributed by atoms with Crippen molar-refractivity contribution in [1.29, 1.82) is 0 Å². The van der Waals surface area contributed by atoms with Gasteiger partial charge >= 0.3 is 5.97 Å². The van der Waals surface area contributed by atoms with Crippen molar-refractivity contribution in [1.82, 2.24) is 0 Å². The third kappa shape index (κ3) is 4.08. The molecule has 1 heterocycles. The third-order valence-electron chi connectivity index (χ3n) is 3.93. The summed E-state index contributed by atoms with van der Waals surface area (Å²) in [6.07, 6.45) is 4.08. The molecule has 0 aliphatic carbocycles. The number of carboxylic acids is 1. The van der Waals surface area contributed by atoms with Crippen molar-refractivity contribution >= 4 is 33.7 Å². The average Bonchev–Trinajstić information content (AvgIpc) is 2.46. The molecule has 0 aromatic heterocycles. The first kappa shape index (κ1) is 16.0. The first-order chi connectivity index (χ1) is 10.0. The molecule has 1 aliphatic rings. The lowest BCUT2D eigenvalue weighted by atomic mass is 9.95. The van der Waals surface area contributed by atoms with E-state index in [2.05, 4.69) is 27.8 Å². The van der Waals surface area contributed by atoms with E-state index in [1.54, 1.807) is 13.2 Å². The van der Waals surface area contributed by atoms with Crippen molar-refractivity contribution in [3.63, 3.8) is 0 Å². The van der Waals surface area contributed by atoms with Crippen LogP contribution in [-0.2, 0) is 9.53 Å². The number of nitrogens with zero attached hydrogens (tertiary/aromatic N) is 1. The summed E-state index contributed by atoms with van der Waals surface area (Å²) in [5.74, 6) is -0.401. The van der Waals surface area contributed by atoms with Gasteiger partial charge in [0.25, 0.3) is 0 Å². The molecule has 1 aromatic carbocycles. The molecule has 0 spiro atoms. The largest absolute Gasteiger partial charge is 0.478 e. The van der Waals surface area contributed by atoms with Gasteiger partial charge in [-0.3, -0.25) is 0 Å². The Hall–Kier alpha value is -1.33. The van der Waals surface area contributed by atoms with E-state index in [-0.39, 0.29) is 6.10 Å². The molecule has 21 heavy (non-hydrogen) atoms. The third-order valence-corrected chi connectivity index (χ3v) is 4.42. The number of hydrogen-bond donors (Lipinski definition) is 1. The van der Waals surface area contributed by atoms with Crippen molar-refractivity contribution in [3.8, 4) is 0 Å². The average molecular weight is 354 g/mol. The predicted octanol–water partition coefficient (Wildman–Crippen LogP) is 3.41. The van der Waals surface area contributed by atoms with Crippen LogP contribution in [-0.4, -0.2) is 37.4 Å². The van der Waals surface area contributed by atoms with Crippen molar-refractivity contribution in [3.05, 3.63) is 34.3 Å². The molecule has 1 aliphatic heterocycles. The topological polar surface area (TPSA) is 49.8 Å². The second-order valence-electron chi connectivity index (χ2n) is 5.36. The quantitative estimate of drug-likeness (QED) is 0.842. The fraction of sp³-hybridized carbons (Fsp3) is 0.438. The molecule has 0 amide bonds. The van der Waals surface area contributed by atoms with E-state index in [1.165, 1.54) is 6.08 Å². The number of benzene rings is 1. The lowest BCUT2D eigenvalue weighted by Gasteiger charge is -2.38. The van der Waals surface area contributed by atoms with Crippen LogP contribution in [0.3, 0.4) is 0 Å². The molecule has 2 atom stereocenters. The number of halogens is 1. The minimum absolute atomic E-state index is 0.203. The van der Waals surface area contributed by atoms with E-state index in [0.717, 1.165) is 35.2 Å². The molecule has 0 saturated carbocycles. The molecule has 1 fully saturated rings. The minimum Gasteiger partial charge on any atom is -0.478 e. The molecule has 2 unspecified atom stereocenters. The van der Waals surface area contributed by atoms with Gasteiger partial charge in [-0.25, -0.2) is 4.79 Å². The van der Waals surface area contributed by atoms with Crippen molar-refractivity contribution in [2.45, 2.75) is 19.4 Å². The van der Waals surface area contributed by atoms with Crippen LogP contribution in [0.4, 0.5) is 5.69 Å². The molecular weight excluding hydrogens is 334 g/mol. The monoisotopic (exact) mass is 353 g/mol. The molecule has 1 aromatic rings. The second kappa shape index (κ2) is 7.09. The maximum atomic E-state index is 10.7. The summed E-state index contributed by atoms with van der Waals surface area (Å²) in [5.41, 5.74) is 1.95. The summed E-state index contributed by atoms with van der Waals surface area (Å²) >= 11 is 3.49. The first-order valence-electron chi connectivity index (χ1n) is 6.99. The van der Waals surface area contributed by atoms with Crippen LogP contribution in [0.25, 0.3) is 6.08 Å². The van der Waals surface area contributed by atoms with Crippen molar-refractivity contribution in [2.24, 2.45) is 5.92 Å². The summed E-state index contributed by atoms with van der Waals surface area (Å²) in [6, 6.07) is 5.88. The molecule has 2 rings (SSSR count). The maximum Gasteiger partial charge on any atom is 0.328 e. The number of ether oxygens (including phenoxy) is 1. The maximum absolute atomic E-state index is 10.7. The van der Waals surface area contributed by atoms with Gasteiger partial charge in [0.1, 0.15) is 0 Å². The highest BCUT2D eigenvalue weighted by Gasteiger charge is 2.27. The zero-order valence-electron chi connectivity index (χ0n) is 12.3. The Morgan fingerprint density at radius 1 is 1.52 bits per heavy atom. The second-order valence-corrected chi connectivity index (χ2v) is 6.28. The SMILES string of the molecule is COC1CN(c2cc(Br)ccc2/C=C/C(=O)O)CCC1C. The van der Waals surface area contributed by atoms with E-state index < -0.39 is 5.97 Å². The smallest absolute Gasteiger partial charge is 0.328 e. The highest BCUT2D eigenvalue weighted by molar-refractivity contribution is 9.10. The Balaban J connectivity index is 2.29. The lowest BCUT2D eigenvalue weighted by Crippen LogP contribution is -2.44. The van der Waals surface area contributed by atoms with Crippen molar-refractivity contribution < 1.29 is 14.6 Å². The Bertz CT molecular complexity index is 544. The summed E-state index contributed by atoms with van der Waals surface area (Å²) in [7, 11) is 1.75. The van der Waals surface area contributed by atoms with E-state index >= 15 is 0 Å². The van der Waals surface area contributed by atoms with E-state index in [9.17, 15) is 4.79 Å². The summed E-state index contributed by atoms with van der Waals surface area (Å²) in [6.45, 7) is 3.98. The Kier molecular flexibility index (Phi) is 5.42. The van der Waals surface area contributed by atoms with Gasteiger partial charge in [0, 0.05) is 36.4 Å². The fourth-order valence-electron chi connectivity index (χ4n) is 2.65. The first-order valence-corrected chi connectivity index (χ1v) is 7.79. The van der Waals surface area contributed by atoms with Crippen LogP contribution in [0, 0.1) is 5.92 Å². The fourth-order valence-corrected chi connectivity index (χ4v) is 3.00. The molecule has 1 saturated heterocycles.